The molecule has 1 fully saturated rings. The molecule has 2 rings (SSSR count). The summed E-state index contributed by atoms with van der Waals surface area (Å²) in [5.74, 6) is -0.201. The van der Waals surface area contributed by atoms with Gasteiger partial charge in [0.2, 0.25) is 0 Å². The second kappa shape index (κ2) is 8.85. The van der Waals surface area contributed by atoms with Crippen LogP contribution < -0.4 is 5.32 Å². The maximum atomic E-state index is 12.3. The van der Waals surface area contributed by atoms with E-state index in [0.29, 0.717) is 26.2 Å². The fourth-order valence-corrected chi connectivity index (χ4v) is 2.47. The van der Waals surface area contributed by atoms with Gasteiger partial charge in [-0.15, -0.1) is 0 Å². The lowest BCUT2D eigenvalue weighted by Gasteiger charge is -2.37. The molecule has 0 saturated carbocycles. The van der Waals surface area contributed by atoms with Crippen molar-refractivity contribution in [3.63, 3.8) is 0 Å². The molecule has 0 bridgehead atoms. The van der Waals surface area contributed by atoms with Crippen LogP contribution in [0.1, 0.15) is 32.8 Å². The second-order valence-corrected chi connectivity index (χ2v) is 7.30. The maximum Gasteiger partial charge on any atom is 0.408 e. The SMILES string of the molecule is CC(C)C[C@H](NC(=O)OCc1ccccc1)C(=O)OCC1(C)COC1. The van der Waals surface area contributed by atoms with Crippen LogP contribution >= 0.6 is 0 Å². The highest BCUT2D eigenvalue weighted by Gasteiger charge is 2.36. The average Bonchev–Trinajstić information content (AvgIpc) is 2.56. The van der Waals surface area contributed by atoms with Gasteiger partial charge < -0.3 is 19.5 Å². The van der Waals surface area contributed by atoms with Gasteiger partial charge in [0, 0.05) is 5.41 Å². The molecule has 1 aliphatic heterocycles. The molecule has 1 aromatic carbocycles. The summed E-state index contributed by atoms with van der Waals surface area (Å²) < 4.78 is 15.7. The van der Waals surface area contributed by atoms with Gasteiger partial charge >= 0.3 is 12.1 Å². The van der Waals surface area contributed by atoms with E-state index in [2.05, 4.69) is 5.32 Å². The summed E-state index contributed by atoms with van der Waals surface area (Å²) in [7, 11) is 0. The van der Waals surface area contributed by atoms with Crippen LogP contribution in [0.15, 0.2) is 30.3 Å². The van der Waals surface area contributed by atoms with E-state index in [1.54, 1.807) is 0 Å². The van der Waals surface area contributed by atoms with E-state index in [-0.39, 0.29) is 17.9 Å². The second-order valence-electron chi connectivity index (χ2n) is 7.30. The van der Waals surface area contributed by atoms with E-state index in [4.69, 9.17) is 14.2 Å². The van der Waals surface area contributed by atoms with Crippen LogP contribution in [0.25, 0.3) is 0 Å². The van der Waals surface area contributed by atoms with Gasteiger partial charge in [-0.1, -0.05) is 51.1 Å². The summed E-state index contributed by atoms with van der Waals surface area (Å²) >= 11 is 0. The minimum absolute atomic E-state index is 0.119. The molecule has 1 atom stereocenters. The van der Waals surface area contributed by atoms with Crippen molar-refractivity contribution in [2.45, 2.75) is 39.8 Å². The van der Waals surface area contributed by atoms with Crippen molar-refractivity contribution in [2.24, 2.45) is 11.3 Å². The number of carbonyl (C=O) groups is 2. The Morgan fingerprint density at radius 3 is 2.44 bits per heavy atom. The number of hydrogen-bond donors (Lipinski definition) is 1. The zero-order valence-corrected chi connectivity index (χ0v) is 15.1. The molecule has 6 nitrogen and oxygen atoms in total. The minimum Gasteiger partial charge on any atom is -0.463 e. The van der Waals surface area contributed by atoms with Gasteiger partial charge in [0.25, 0.3) is 0 Å². The monoisotopic (exact) mass is 349 g/mol. The standard InChI is InChI=1S/C19H27NO5/c1-14(2)9-16(17(21)25-13-19(3)11-23-12-19)20-18(22)24-10-15-7-5-4-6-8-15/h4-8,14,16H,9-13H2,1-3H3,(H,20,22)/t16-/m0/s1. The molecule has 0 aliphatic carbocycles. The minimum atomic E-state index is -0.715. The number of hydrogen-bond acceptors (Lipinski definition) is 5. The molecule has 0 unspecified atom stereocenters. The first-order chi connectivity index (χ1) is 11.9. The first-order valence-electron chi connectivity index (χ1n) is 8.59. The first-order valence-corrected chi connectivity index (χ1v) is 8.59. The maximum absolute atomic E-state index is 12.3. The molecule has 1 amide bonds. The van der Waals surface area contributed by atoms with Crippen LogP contribution in [-0.2, 0) is 25.6 Å². The Morgan fingerprint density at radius 2 is 1.88 bits per heavy atom. The van der Waals surface area contributed by atoms with Crippen molar-refractivity contribution in [1.82, 2.24) is 5.32 Å². The van der Waals surface area contributed by atoms with Gasteiger partial charge in [-0.25, -0.2) is 9.59 Å². The third-order valence-electron chi connectivity index (χ3n) is 3.96. The number of nitrogens with one attached hydrogen (secondary N) is 1. The van der Waals surface area contributed by atoms with Gasteiger partial charge in [0.15, 0.2) is 0 Å². The van der Waals surface area contributed by atoms with Gasteiger partial charge in [-0.2, -0.15) is 0 Å². The summed E-state index contributed by atoms with van der Waals surface area (Å²) in [5.41, 5.74) is 0.768. The summed E-state index contributed by atoms with van der Waals surface area (Å²) in [4.78, 5) is 24.4. The highest BCUT2D eigenvalue weighted by Crippen LogP contribution is 2.26. The third-order valence-corrected chi connectivity index (χ3v) is 3.96. The highest BCUT2D eigenvalue weighted by molar-refractivity contribution is 5.81. The lowest BCUT2D eigenvalue weighted by Crippen LogP contribution is -2.47. The topological polar surface area (TPSA) is 73.9 Å². The van der Waals surface area contributed by atoms with Gasteiger partial charge in [-0.05, 0) is 17.9 Å². The van der Waals surface area contributed by atoms with E-state index < -0.39 is 18.1 Å². The highest BCUT2D eigenvalue weighted by atomic mass is 16.6. The fraction of sp³-hybridized carbons (Fsp3) is 0.579. The van der Waals surface area contributed by atoms with Crippen molar-refractivity contribution in [3.8, 4) is 0 Å². The van der Waals surface area contributed by atoms with Gasteiger partial charge in [0.05, 0.1) is 13.2 Å². The molecule has 1 N–H and O–H groups in total. The summed E-state index contributed by atoms with van der Waals surface area (Å²) in [6, 6.07) is 8.67. The van der Waals surface area contributed by atoms with Crippen molar-refractivity contribution >= 4 is 12.1 Å². The summed E-state index contributed by atoms with van der Waals surface area (Å²) in [5, 5.41) is 2.62. The predicted octanol–water partition coefficient (Wildman–Crippen LogP) is 2.91. The zero-order chi connectivity index (χ0) is 18.3. The number of ether oxygens (including phenoxy) is 3. The summed E-state index contributed by atoms with van der Waals surface area (Å²) in [6.07, 6.45) is -0.128. The molecule has 1 saturated heterocycles. The van der Waals surface area contributed by atoms with Crippen molar-refractivity contribution in [3.05, 3.63) is 35.9 Å². The Hall–Kier alpha value is -2.08. The molecule has 0 radical (unpaired) electrons. The molecule has 1 heterocycles. The molecule has 0 spiro atoms. The van der Waals surface area contributed by atoms with E-state index in [1.807, 2.05) is 51.1 Å². The fourth-order valence-electron chi connectivity index (χ4n) is 2.47. The van der Waals surface area contributed by atoms with E-state index in [0.717, 1.165) is 5.56 Å². The largest absolute Gasteiger partial charge is 0.463 e. The Kier molecular flexibility index (Phi) is 6.82. The lowest BCUT2D eigenvalue weighted by atomic mass is 9.90. The first kappa shape index (κ1) is 19.2. The lowest BCUT2D eigenvalue weighted by molar-refractivity contribution is -0.167. The predicted molar refractivity (Wildman–Crippen MR) is 92.9 cm³/mol. The Morgan fingerprint density at radius 1 is 1.20 bits per heavy atom. The van der Waals surface area contributed by atoms with Gasteiger partial charge in [0.1, 0.15) is 19.3 Å². The van der Waals surface area contributed by atoms with E-state index >= 15 is 0 Å². The third kappa shape index (κ3) is 6.38. The van der Waals surface area contributed by atoms with Crippen LogP contribution in [0.3, 0.4) is 0 Å². The van der Waals surface area contributed by atoms with Crippen molar-refractivity contribution in [1.29, 1.82) is 0 Å². The zero-order valence-electron chi connectivity index (χ0n) is 15.1. The van der Waals surface area contributed by atoms with E-state index in [1.165, 1.54) is 0 Å². The van der Waals surface area contributed by atoms with Crippen molar-refractivity contribution < 1.29 is 23.8 Å². The molecular formula is C19H27NO5. The average molecular weight is 349 g/mol. The Balaban J connectivity index is 1.83. The van der Waals surface area contributed by atoms with Crippen LogP contribution in [0.4, 0.5) is 4.79 Å². The molecular weight excluding hydrogens is 322 g/mol. The van der Waals surface area contributed by atoms with Crippen molar-refractivity contribution in [2.75, 3.05) is 19.8 Å². The number of amides is 1. The van der Waals surface area contributed by atoms with E-state index in [9.17, 15) is 9.59 Å². The number of alkyl carbamates (subject to hydrolysis) is 1. The Labute approximate surface area is 148 Å². The number of esters is 1. The molecule has 1 aliphatic rings. The Bertz CT molecular complexity index is 568. The molecule has 25 heavy (non-hydrogen) atoms. The number of benzene rings is 1. The normalized spacial score (nSPS) is 16.6. The molecule has 1 aromatic rings. The smallest absolute Gasteiger partial charge is 0.408 e. The quantitative estimate of drug-likeness (QED) is 0.731. The van der Waals surface area contributed by atoms with Crippen LogP contribution in [0, 0.1) is 11.3 Å². The summed E-state index contributed by atoms with van der Waals surface area (Å²) in [6.45, 7) is 7.59. The van der Waals surface area contributed by atoms with Crippen LogP contribution in [0.2, 0.25) is 0 Å². The van der Waals surface area contributed by atoms with Crippen LogP contribution in [0.5, 0.6) is 0 Å². The van der Waals surface area contributed by atoms with Crippen LogP contribution in [-0.4, -0.2) is 37.9 Å². The van der Waals surface area contributed by atoms with Gasteiger partial charge in [-0.3, -0.25) is 0 Å². The molecule has 138 valence electrons. The number of rotatable bonds is 8. The number of carbonyl (C=O) groups excluding carboxylic acids is 2. The molecule has 6 heteroatoms. The molecule has 0 aromatic heterocycles.